The van der Waals surface area contributed by atoms with Gasteiger partial charge in [0.15, 0.2) is 0 Å². The van der Waals surface area contributed by atoms with E-state index in [0.29, 0.717) is 17.8 Å². The van der Waals surface area contributed by atoms with Gasteiger partial charge in [0.05, 0.1) is 6.04 Å². The van der Waals surface area contributed by atoms with Gasteiger partial charge in [0.2, 0.25) is 11.8 Å². The van der Waals surface area contributed by atoms with Gasteiger partial charge in [-0.15, -0.1) is 12.4 Å². The molecule has 0 aliphatic heterocycles. The molecule has 0 spiro atoms. The Labute approximate surface area is 125 Å². The lowest BCUT2D eigenvalue weighted by atomic mass is 10.2. The second kappa shape index (κ2) is 8.55. The monoisotopic (exact) mass is 299 g/mol. The number of carbonyl (C=O) groups is 2. The van der Waals surface area contributed by atoms with Crippen LogP contribution in [-0.2, 0) is 9.59 Å². The summed E-state index contributed by atoms with van der Waals surface area (Å²) in [4.78, 5) is 23.1. The minimum Gasteiger partial charge on any atom is -0.326 e. The third-order valence-corrected chi connectivity index (χ3v) is 2.72. The van der Waals surface area contributed by atoms with Crippen LogP contribution < -0.4 is 16.4 Å². The molecule has 0 bridgehead atoms. The molecule has 1 aromatic carbocycles. The molecule has 1 atom stereocenters. The molecule has 6 heteroatoms. The molecule has 1 rings (SSSR count). The third-order valence-electron chi connectivity index (χ3n) is 2.72. The molecule has 0 radical (unpaired) electrons. The number of hydrogen-bond donors (Lipinski definition) is 3. The molecule has 0 fully saturated rings. The van der Waals surface area contributed by atoms with Crippen molar-refractivity contribution in [2.24, 2.45) is 11.7 Å². The van der Waals surface area contributed by atoms with Crippen molar-refractivity contribution >= 4 is 35.6 Å². The highest BCUT2D eigenvalue weighted by molar-refractivity contribution is 5.95. The zero-order chi connectivity index (χ0) is 14.4. The molecular formula is C14H22ClN3O2. The highest BCUT2D eigenvalue weighted by Gasteiger charge is 2.11. The van der Waals surface area contributed by atoms with Crippen LogP contribution in [0.15, 0.2) is 24.3 Å². The average molecular weight is 300 g/mol. The number of halogens is 1. The second-order valence-electron chi connectivity index (χ2n) is 4.73. The SMILES string of the molecule is CC[C@H](N)C(=O)Nc1ccc(NC(=O)C(C)C)cc1.Cl. The van der Waals surface area contributed by atoms with Crippen LogP contribution in [-0.4, -0.2) is 17.9 Å². The summed E-state index contributed by atoms with van der Waals surface area (Å²) in [6.45, 7) is 5.51. The second-order valence-corrected chi connectivity index (χ2v) is 4.73. The maximum Gasteiger partial charge on any atom is 0.241 e. The molecule has 112 valence electrons. The zero-order valence-electron chi connectivity index (χ0n) is 12.0. The first-order valence-electron chi connectivity index (χ1n) is 6.41. The van der Waals surface area contributed by atoms with E-state index in [1.807, 2.05) is 20.8 Å². The number of rotatable bonds is 5. The fourth-order valence-corrected chi connectivity index (χ4v) is 1.34. The normalized spacial score (nSPS) is 11.4. The van der Waals surface area contributed by atoms with Gasteiger partial charge in [0.1, 0.15) is 0 Å². The van der Waals surface area contributed by atoms with Gasteiger partial charge in [0, 0.05) is 17.3 Å². The third kappa shape index (κ3) is 5.59. The molecule has 2 amide bonds. The predicted molar refractivity (Wildman–Crippen MR) is 84.1 cm³/mol. The molecule has 0 aliphatic rings. The van der Waals surface area contributed by atoms with Crippen LogP contribution >= 0.6 is 12.4 Å². The summed E-state index contributed by atoms with van der Waals surface area (Å²) in [6, 6.07) is 6.45. The number of amides is 2. The standard InChI is InChI=1S/C14H21N3O2.ClH/c1-4-12(15)14(19)17-11-7-5-10(6-8-11)16-13(18)9(2)3;/h5-9,12H,4,15H2,1-3H3,(H,16,18)(H,17,19);1H/t12-;/m0./s1. The summed E-state index contributed by atoms with van der Waals surface area (Å²) in [7, 11) is 0. The van der Waals surface area contributed by atoms with Gasteiger partial charge in [-0.3, -0.25) is 9.59 Å². The van der Waals surface area contributed by atoms with Crippen LogP contribution in [0.5, 0.6) is 0 Å². The average Bonchev–Trinajstić information content (AvgIpc) is 2.39. The summed E-state index contributed by atoms with van der Waals surface area (Å²) in [5, 5.41) is 5.50. The maximum atomic E-state index is 11.6. The van der Waals surface area contributed by atoms with E-state index < -0.39 is 6.04 Å². The summed E-state index contributed by atoms with van der Waals surface area (Å²) in [5.41, 5.74) is 6.99. The summed E-state index contributed by atoms with van der Waals surface area (Å²) in [6.07, 6.45) is 0.592. The van der Waals surface area contributed by atoms with E-state index in [9.17, 15) is 9.59 Å². The Kier molecular flexibility index (Phi) is 7.87. The molecule has 1 aromatic rings. The van der Waals surface area contributed by atoms with Crippen LogP contribution in [0.4, 0.5) is 11.4 Å². The molecule has 0 aromatic heterocycles. The van der Waals surface area contributed by atoms with E-state index in [1.165, 1.54) is 0 Å². The van der Waals surface area contributed by atoms with Gasteiger partial charge in [-0.05, 0) is 30.7 Å². The molecule has 20 heavy (non-hydrogen) atoms. The lowest BCUT2D eigenvalue weighted by Gasteiger charge is -2.11. The van der Waals surface area contributed by atoms with Crippen molar-refractivity contribution in [3.8, 4) is 0 Å². The molecule has 0 saturated heterocycles. The first-order chi connectivity index (χ1) is 8.93. The van der Waals surface area contributed by atoms with Crippen LogP contribution in [0.3, 0.4) is 0 Å². The smallest absolute Gasteiger partial charge is 0.241 e. The maximum absolute atomic E-state index is 11.6. The van der Waals surface area contributed by atoms with Crippen molar-refractivity contribution in [3.63, 3.8) is 0 Å². The van der Waals surface area contributed by atoms with Crippen LogP contribution in [0.1, 0.15) is 27.2 Å². The van der Waals surface area contributed by atoms with Crippen molar-refractivity contribution in [2.45, 2.75) is 33.2 Å². The van der Waals surface area contributed by atoms with Gasteiger partial charge >= 0.3 is 0 Å². The Morgan fingerprint density at radius 2 is 1.45 bits per heavy atom. The lowest BCUT2D eigenvalue weighted by Crippen LogP contribution is -2.34. The van der Waals surface area contributed by atoms with Gasteiger partial charge in [0.25, 0.3) is 0 Å². The number of nitrogens with two attached hydrogens (primary N) is 1. The van der Waals surface area contributed by atoms with Crippen molar-refractivity contribution in [3.05, 3.63) is 24.3 Å². The quantitative estimate of drug-likeness (QED) is 0.780. The first kappa shape index (κ1) is 18.4. The van der Waals surface area contributed by atoms with Gasteiger partial charge in [-0.1, -0.05) is 20.8 Å². The minimum atomic E-state index is -0.500. The van der Waals surface area contributed by atoms with Crippen molar-refractivity contribution < 1.29 is 9.59 Å². The lowest BCUT2D eigenvalue weighted by molar-refractivity contribution is -0.119. The van der Waals surface area contributed by atoms with E-state index in [0.717, 1.165) is 0 Å². The van der Waals surface area contributed by atoms with Gasteiger partial charge < -0.3 is 16.4 Å². The van der Waals surface area contributed by atoms with E-state index in [1.54, 1.807) is 24.3 Å². The highest BCUT2D eigenvalue weighted by atomic mass is 35.5. The first-order valence-corrected chi connectivity index (χ1v) is 6.41. The Morgan fingerprint density at radius 3 is 1.80 bits per heavy atom. The number of hydrogen-bond acceptors (Lipinski definition) is 3. The fraction of sp³-hybridized carbons (Fsp3) is 0.429. The predicted octanol–water partition coefficient (Wildman–Crippen LogP) is 2.38. The largest absolute Gasteiger partial charge is 0.326 e. The number of benzene rings is 1. The van der Waals surface area contributed by atoms with Crippen molar-refractivity contribution in [1.82, 2.24) is 0 Å². The molecule has 0 unspecified atom stereocenters. The number of nitrogens with one attached hydrogen (secondary N) is 2. The summed E-state index contributed by atoms with van der Waals surface area (Å²) < 4.78 is 0. The molecule has 5 nitrogen and oxygen atoms in total. The van der Waals surface area contributed by atoms with Crippen LogP contribution in [0, 0.1) is 5.92 Å². The van der Waals surface area contributed by atoms with E-state index in [-0.39, 0.29) is 30.1 Å². The minimum absolute atomic E-state index is 0. The number of carbonyl (C=O) groups excluding carboxylic acids is 2. The van der Waals surface area contributed by atoms with Gasteiger partial charge in [-0.25, -0.2) is 0 Å². The van der Waals surface area contributed by atoms with E-state index in [2.05, 4.69) is 10.6 Å². The van der Waals surface area contributed by atoms with Gasteiger partial charge in [-0.2, -0.15) is 0 Å². The van der Waals surface area contributed by atoms with Crippen molar-refractivity contribution in [2.75, 3.05) is 10.6 Å². The molecule has 0 aliphatic carbocycles. The Morgan fingerprint density at radius 1 is 1.05 bits per heavy atom. The topological polar surface area (TPSA) is 84.2 Å². The Balaban J connectivity index is 0.00000361. The van der Waals surface area contributed by atoms with Crippen LogP contribution in [0.25, 0.3) is 0 Å². The zero-order valence-corrected chi connectivity index (χ0v) is 12.8. The number of anilines is 2. The van der Waals surface area contributed by atoms with Crippen LogP contribution in [0.2, 0.25) is 0 Å². The van der Waals surface area contributed by atoms with E-state index >= 15 is 0 Å². The molecule has 0 heterocycles. The Hall–Kier alpha value is -1.59. The summed E-state index contributed by atoms with van der Waals surface area (Å²) in [5.74, 6) is -0.312. The molecule has 0 saturated carbocycles. The Bertz CT molecular complexity index is 446. The summed E-state index contributed by atoms with van der Waals surface area (Å²) >= 11 is 0. The van der Waals surface area contributed by atoms with E-state index in [4.69, 9.17) is 5.73 Å². The molecule has 4 N–H and O–H groups in total. The van der Waals surface area contributed by atoms with Crippen molar-refractivity contribution in [1.29, 1.82) is 0 Å². The highest BCUT2D eigenvalue weighted by Crippen LogP contribution is 2.14. The fourth-order valence-electron chi connectivity index (χ4n) is 1.34. The molecular weight excluding hydrogens is 278 g/mol.